The molecule has 0 fully saturated rings. The Morgan fingerprint density at radius 1 is 1.17 bits per heavy atom. The highest BCUT2D eigenvalue weighted by molar-refractivity contribution is 9.10. The molecule has 0 bridgehead atoms. The Bertz CT molecular complexity index is 903. The van der Waals surface area contributed by atoms with Crippen LogP contribution in [0.3, 0.4) is 0 Å². The van der Waals surface area contributed by atoms with E-state index in [1.54, 1.807) is 6.20 Å². The minimum absolute atomic E-state index is 0.429. The molecule has 1 N–H and O–H groups in total. The fourth-order valence-corrected chi connectivity index (χ4v) is 3.59. The Labute approximate surface area is 185 Å². The van der Waals surface area contributed by atoms with Crippen LogP contribution in [0.4, 0.5) is 0 Å². The van der Waals surface area contributed by atoms with E-state index in [-0.39, 0.29) is 0 Å². The molecule has 0 spiro atoms. The Morgan fingerprint density at radius 2 is 2.03 bits per heavy atom. The van der Waals surface area contributed by atoms with Gasteiger partial charge in [0.05, 0.1) is 12.9 Å². The van der Waals surface area contributed by atoms with Gasteiger partial charge in [0.1, 0.15) is 6.61 Å². The van der Waals surface area contributed by atoms with Gasteiger partial charge in [-0.3, -0.25) is 0 Å². The molecule has 0 unspecified atom stereocenters. The zero-order valence-electron chi connectivity index (χ0n) is 16.4. The second kappa shape index (κ2) is 11.2. The van der Waals surface area contributed by atoms with Crippen LogP contribution in [0.15, 0.2) is 59.6 Å². The van der Waals surface area contributed by atoms with E-state index in [0.29, 0.717) is 24.0 Å². The number of halogens is 2. The predicted octanol–water partition coefficient (Wildman–Crippen LogP) is 5.46. The first kappa shape index (κ1) is 21.7. The monoisotopic (exact) mass is 477 g/mol. The summed E-state index contributed by atoms with van der Waals surface area (Å²) in [4.78, 5) is 4.06. The third-order valence-electron chi connectivity index (χ3n) is 4.34. The SMILES string of the molecule is CCOc1cc(CNCCCn2ccnc2)c(Br)cc1OCc1cccc(Cl)c1. The molecule has 5 nitrogen and oxygen atoms in total. The van der Waals surface area contributed by atoms with Gasteiger partial charge in [0.25, 0.3) is 0 Å². The van der Waals surface area contributed by atoms with Crippen molar-refractivity contribution in [3.05, 3.63) is 75.7 Å². The Hall–Kier alpha value is -2.02. The summed E-state index contributed by atoms with van der Waals surface area (Å²) in [6, 6.07) is 11.7. The van der Waals surface area contributed by atoms with Crippen molar-refractivity contribution in [2.45, 2.75) is 33.0 Å². The lowest BCUT2D eigenvalue weighted by atomic mass is 10.2. The Morgan fingerprint density at radius 3 is 2.79 bits per heavy atom. The van der Waals surface area contributed by atoms with Crippen LogP contribution in [0.5, 0.6) is 11.5 Å². The van der Waals surface area contributed by atoms with Crippen molar-refractivity contribution in [2.24, 2.45) is 0 Å². The van der Waals surface area contributed by atoms with E-state index in [4.69, 9.17) is 21.1 Å². The standard InChI is InChI=1S/C22H25BrClN3O2/c1-2-28-21-12-18(14-25-7-4-9-27-10-8-26-16-27)20(23)13-22(21)29-15-17-5-3-6-19(24)11-17/h3,5-6,8,10-13,16,25H,2,4,7,9,14-15H2,1H3. The van der Waals surface area contributed by atoms with E-state index in [0.717, 1.165) is 47.4 Å². The maximum atomic E-state index is 6.05. The minimum Gasteiger partial charge on any atom is -0.490 e. The molecule has 0 aliphatic rings. The van der Waals surface area contributed by atoms with Gasteiger partial charge in [0.15, 0.2) is 11.5 Å². The predicted molar refractivity (Wildman–Crippen MR) is 120 cm³/mol. The molecule has 0 saturated carbocycles. The molecule has 3 aromatic rings. The van der Waals surface area contributed by atoms with Gasteiger partial charge in [0.2, 0.25) is 0 Å². The number of nitrogens with zero attached hydrogens (tertiary/aromatic N) is 2. The number of hydrogen-bond donors (Lipinski definition) is 1. The number of rotatable bonds is 11. The van der Waals surface area contributed by atoms with E-state index in [2.05, 4.69) is 30.8 Å². The largest absolute Gasteiger partial charge is 0.490 e. The highest BCUT2D eigenvalue weighted by Crippen LogP contribution is 2.34. The van der Waals surface area contributed by atoms with Crippen LogP contribution < -0.4 is 14.8 Å². The van der Waals surface area contributed by atoms with Crippen molar-refractivity contribution in [2.75, 3.05) is 13.2 Å². The van der Waals surface area contributed by atoms with E-state index in [1.165, 1.54) is 0 Å². The van der Waals surface area contributed by atoms with E-state index >= 15 is 0 Å². The second-order valence-corrected chi connectivity index (χ2v) is 7.86. The van der Waals surface area contributed by atoms with Gasteiger partial charge in [0, 0.05) is 35.0 Å². The maximum Gasteiger partial charge on any atom is 0.162 e. The molecule has 7 heteroatoms. The average Bonchev–Trinajstić information content (AvgIpc) is 3.22. The fraction of sp³-hybridized carbons (Fsp3) is 0.318. The first-order valence-corrected chi connectivity index (χ1v) is 10.8. The molecule has 0 aliphatic heterocycles. The smallest absolute Gasteiger partial charge is 0.162 e. The molecular weight excluding hydrogens is 454 g/mol. The summed E-state index contributed by atoms with van der Waals surface area (Å²) in [7, 11) is 0. The summed E-state index contributed by atoms with van der Waals surface area (Å²) in [6.07, 6.45) is 6.66. The van der Waals surface area contributed by atoms with E-state index in [1.807, 2.05) is 55.8 Å². The lowest BCUT2D eigenvalue weighted by Crippen LogP contribution is -2.16. The molecular formula is C22H25BrClN3O2. The summed E-state index contributed by atoms with van der Waals surface area (Å²) in [5.74, 6) is 1.45. The summed E-state index contributed by atoms with van der Waals surface area (Å²) in [5.41, 5.74) is 2.14. The number of hydrogen-bond acceptors (Lipinski definition) is 4. The summed E-state index contributed by atoms with van der Waals surface area (Å²) in [6.45, 7) is 5.60. The Balaban J connectivity index is 1.57. The molecule has 154 valence electrons. The van der Waals surface area contributed by atoms with E-state index in [9.17, 15) is 0 Å². The van der Waals surface area contributed by atoms with Crippen LogP contribution in [0.1, 0.15) is 24.5 Å². The summed E-state index contributed by atoms with van der Waals surface area (Å²) in [5, 5.41) is 4.18. The van der Waals surface area contributed by atoms with Crippen molar-refractivity contribution in [3.8, 4) is 11.5 Å². The van der Waals surface area contributed by atoms with Crippen molar-refractivity contribution in [1.82, 2.24) is 14.9 Å². The van der Waals surface area contributed by atoms with Gasteiger partial charge < -0.3 is 19.4 Å². The summed E-state index contributed by atoms with van der Waals surface area (Å²) >= 11 is 9.72. The molecule has 0 amide bonds. The topological polar surface area (TPSA) is 48.3 Å². The lowest BCUT2D eigenvalue weighted by molar-refractivity contribution is 0.269. The molecule has 0 aliphatic carbocycles. The van der Waals surface area contributed by atoms with Gasteiger partial charge in [-0.2, -0.15) is 0 Å². The van der Waals surface area contributed by atoms with Crippen LogP contribution in [-0.4, -0.2) is 22.7 Å². The quantitative estimate of drug-likeness (QED) is 0.372. The molecule has 1 aromatic heterocycles. The van der Waals surface area contributed by atoms with Gasteiger partial charge >= 0.3 is 0 Å². The number of aromatic nitrogens is 2. The third-order valence-corrected chi connectivity index (χ3v) is 5.31. The van der Waals surface area contributed by atoms with Crippen LogP contribution >= 0.6 is 27.5 Å². The number of imidazole rings is 1. The van der Waals surface area contributed by atoms with Gasteiger partial charge in [-0.15, -0.1) is 0 Å². The van der Waals surface area contributed by atoms with Crippen LogP contribution in [0.25, 0.3) is 0 Å². The van der Waals surface area contributed by atoms with Crippen molar-refractivity contribution in [1.29, 1.82) is 0 Å². The Kier molecular flexibility index (Phi) is 8.40. The van der Waals surface area contributed by atoms with Gasteiger partial charge in [-0.25, -0.2) is 4.98 Å². The van der Waals surface area contributed by atoms with Gasteiger partial charge in [-0.05, 0) is 55.3 Å². The van der Waals surface area contributed by atoms with Crippen molar-refractivity contribution < 1.29 is 9.47 Å². The normalized spacial score (nSPS) is 10.9. The maximum absolute atomic E-state index is 6.05. The van der Waals surface area contributed by atoms with Crippen molar-refractivity contribution >= 4 is 27.5 Å². The second-order valence-electron chi connectivity index (χ2n) is 6.57. The number of benzene rings is 2. The zero-order valence-corrected chi connectivity index (χ0v) is 18.7. The van der Waals surface area contributed by atoms with Crippen molar-refractivity contribution in [3.63, 3.8) is 0 Å². The van der Waals surface area contributed by atoms with Gasteiger partial charge in [-0.1, -0.05) is 39.7 Å². The number of aryl methyl sites for hydroxylation is 1. The molecule has 1 heterocycles. The average molecular weight is 479 g/mol. The lowest BCUT2D eigenvalue weighted by Gasteiger charge is -2.16. The first-order chi connectivity index (χ1) is 14.2. The van der Waals surface area contributed by atoms with Crippen LogP contribution in [0, 0.1) is 0 Å². The van der Waals surface area contributed by atoms with Crippen LogP contribution in [-0.2, 0) is 19.7 Å². The summed E-state index contributed by atoms with van der Waals surface area (Å²) < 4.78 is 14.9. The first-order valence-electron chi connectivity index (χ1n) is 9.64. The minimum atomic E-state index is 0.429. The molecule has 2 aromatic carbocycles. The molecule has 0 saturated heterocycles. The molecule has 29 heavy (non-hydrogen) atoms. The highest BCUT2D eigenvalue weighted by atomic mass is 79.9. The fourth-order valence-electron chi connectivity index (χ4n) is 2.91. The highest BCUT2D eigenvalue weighted by Gasteiger charge is 2.11. The zero-order chi connectivity index (χ0) is 20.5. The van der Waals surface area contributed by atoms with E-state index < -0.39 is 0 Å². The molecule has 0 atom stereocenters. The number of nitrogens with one attached hydrogen (secondary N) is 1. The van der Waals surface area contributed by atoms with Crippen LogP contribution in [0.2, 0.25) is 5.02 Å². The third kappa shape index (κ3) is 6.77. The molecule has 0 radical (unpaired) electrons. The molecule has 3 rings (SSSR count). The number of ether oxygens (including phenoxy) is 2.